The lowest BCUT2D eigenvalue weighted by molar-refractivity contribution is 0.0693. The Morgan fingerprint density at radius 1 is 1.54 bits per heavy atom. The summed E-state index contributed by atoms with van der Waals surface area (Å²) in [5.74, 6) is -0.371. The Balaban J connectivity index is 2.62. The van der Waals surface area contributed by atoms with Gasteiger partial charge in [0.25, 0.3) is 0 Å². The highest BCUT2D eigenvalue weighted by Gasteiger charge is 2.20. The number of carbonyl (C=O) groups is 1. The van der Waals surface area contributed by atoms with E-state index in [4.69, 9.17) is 9.84 Å². The molecule has 0 radical (unpaired) electrons. The van der Waals surface area contributed by atoms with Gasteiger partial charge in [0.15, 0.2) is 0 Å². The van der Waals surface area contributed by atoms with Crippen LogP contribution in [0.1, 0.15) is 15.9 Å². The smallest absolute Gasteiger partial charge is 0.339 e. The van der Waals surface area contributed by atoms with Crippen LogP contribution in [-0.2, 0) is 6.42 Å². The van der Waals surface area contributed by atoms with E-state index in [1.54, 1.807) is 6.07 Å². The highest BCUT2D eigenvalue weighted by Crippen LogP contribution is 2.31. The van der Waals surface area contributed by atoms with Crippen LogP contribution in [0.15, 0.2) is 12.1 Å². The molecule has 1 aliphatic rings. The quantitative estimate of drug-likeness (QED) is 0.804. The van der Waals surface area contributed by atoms with Crippen LogP contribution in [0.2, 0.25) is 0 Å². The lowest BCUT2D eigenvalue weighted by Gasteiger charge is -2.04. The number of aromatic carboxylic acids is 1. The molecule has 0 atom stereocenters. The van der Waals surface area contributed by atoms with Crippen LogP contribution < -0.4 is 4.74 Å². The second kappa shape index (κ2) is 3.17. The molecule has 1 heterocycles. The summed E-state index contributed by atoms with van der Waals surface area (Å²) < 4.78 is 6.21. The van der Waals surface area contributed by atoms with E-state index in [9.17, 15) is 4.79 Å². The fourth-order valence-corrected chi connectivity index (χ4v) is 2.12. The zero-order valence-corrected chi connectivity index (χ0v) is 8.87. The van der Waals surface area contributed by atoms with Gasteiger partial charge in [0.2, 0.25) is 0 Å². The van der Waals surface area contributed by atoms with Crippen molar-refractivity contribution in [3.63, 3.8) is 0 Å². The van der Waals surface area contributed by atoms with Crippen molar-refractivity contribution >= 4 is 28.6 Å². The standard InChI is InChI=1S/C9H7IO3/c10-6-3-5-1-2-13-8(5)7(4-6)9(11)12/h3-4H,1-2H2,(H,11,12). The Hall–Kier alpha value is -0.780. The Bertz CT molecular complexity index is 373. The van der Waals surface area contributed by atoms with E-state index >= 15 is 0 Å². The summed E-state index contributed by atoms with van der Waals surface area (Å²) in [6.45, 7) is 0.593. The zero-order valence-electron chi connectivity index (χ0n) is 6.71. The highest BCUT2D eigenvalue weighted by atomic mass is 127. The van der Waals surface area contributed by atoms with Crippen molar-refractivity contribution in [3.8, 4) is 5.75 Å². The van der Waals surface area contributed by atoms with Crippen molar-refractivity contribution < 1.29 is 14.6 Å². The molecule has 0 amide bonds. The van der Waals surface area contributed by atoms with Crippen LogP contribution in [-0.4, -0.2) is 17.7 Å². The van der Waals surface area contributed by atoms with Crippen molar-refractivity contribution in [1.29, 1.82) is 0 Å². The first kappa shape index (κ1) is 8.80. The van der Waals surface area contributed by atoms with Gasteiger partial charge in [-0.2, -0.15) is 0 Å². The zero-order chi connectivity index (χ0) is 9.42. The van der Waals surface area contributed by atoms with E-state index in [-0.39, 0.29) is 5.56 Å². The number of hydrogen-bond donors (Lipinski definition) is 1. The van der Waals surface area contributed by atoms with Crippen LogP contribution in [0.5, 0.6) is 5.75 Å². The van der Waals surface area contributed by atoms with Crippen molar-refractivity contribution in [1.82, 2.24) is 0 Å². The third kappa shape index (κ3) is 1.50. The fourth-order valence-electron chi connectivity index (χ4n) is 1.43. The van der Waals surface area contributed by atoms with Crippen LogP contribution in [0.25, 0.3) is 0 Å². The second-order valence-electron chi connectivity index (χ2n) is 2.85. The average molecular weight is 290 g/mol. The lowest BCUT2D eigenvalue weighted by atomic mass is 10.1. The maximum atomic E-state index is 10.8. The van der Waals surface area contributed by atoms with E-state index in [1.807, 2.05) is 6.07 Å². The summed E-state index contributed by atoms with van der Waals surface area (Å²) in [5, 5.41) is 8.89. The first-order valence-electron chi connectivity index (χ1n) is 3.87. The molecule has 2 rings (SSSR count). The minimum absolute atomic E-state index is 0.277. The molecule has 0 saturated heterocycles. The molecule has 0 aromatic heterocycles. The van der Waals surface area contributed by atoms with Gasteiger partial charge in [-0.3, -0.25) is 0 Å². The predicted octanol–water partition coefficient (Wildman–Crippen LogP) is 1.92. The molecular weight excluding hydrogens is 283 g/mol. The van der Waals surface area contributed by atoms with E-state index < -0.39 is 5.97 Å². The summed E-state index contributed by atoms with van der Waals surface area (Å²) in [4.78, 5) is 10.8. The molecule has 3 nitrogen and oxygen atoms in total. The second-order valence-corrected chi connectivity index (χ2v) is 4.09. The summed E-state index contributed by atoms with van der Waals surface area (Å²) in [5.41, 5.74) is 1.28. The molecule has 4 heteroatoms. The molecule has 68 valence electrons. The molecule has 0 unspecified atom stereocenters. The number of carboxylic acid groups (broad SMARTS) is 1. The van der Waals surface area contributed by atoms with Gasteiger partial charge in [-0.25, -0.2) is 4.79 Å². The number of carboxylic acids is 1. The Kier molecular flexibility index (Phi) is 2.15. The fraction of sp³-hybridized carbons (Fsp3) is 0.222. The van der Waals surface area contributed by atoms with E-state index in [1.165, 1.54) is 0 Å². The minimum Gasteiger partial charge on any atom is -0.492 e. The number of hydrogen-bond acceptors (Lipinski definition) is 2. The first-order valence-corrected chi connectivity index (χ1v) is 4.95. The summed E-state index contributed by atoms with van der Waals surface area (Å²) >= 11 is 2.11. The molecule has 0 aliphatic carbocycles. The average Bonchev–Trinajstić information content (AvgIpc) is 2.49. The Morgan fingerprint density at radius 2 is 2.31 bits per heavy atom. The molecule has 1 aromatic carbocycles. The van der Waals surface area contributed by atoms with Crippen molar-refractivity contribution in [3.05, 3.63) is 26.8 Å². The van der Waals surface area contributed by atoms with Gasteiger partial charge in [-0.1, -0.05) is 0 Å². The minimum atomic E-state index is -0.920. The number of rotatable bonds is 1. The highest BCUT2D eigenvalue weighted by molar-refractivity contribution is 14.1. The summed E-state index contributed by atoms with van der Waals surface area (Å²) in [7, 11) is 0. The van der Waals surface area contributed by atoms with E-state index in [0.29, 0.717) is 12.4 Å². The molecule has 0 bridgehead atoms. The number of fused-ring (bicyclic) bond motifs is 1. The number of benzene rings is 1. The van der Waals surface area contributed by atoms with Gasteiger partial charge in [0.05, 0.1) is 6.61 Å². The third-order valence-electron chi connectivity index (χ3n) is 1.98. The number of halogens is 1. The first-order chi connectivity index (χ1) is 6.18. The molecule has 0 fully saturated rings. The molecule has 13 heavy (non-hydrogen) atoms. The molecular formula is C9H7IO3. The topological polar surface area (TPSA) is 46.5 Å². The van der Waals surface area contributed by atoms with Crippen molar-refractivity contribution in [2.24, 2.45) is 0 Å². The number of ether oxygens (including phenoxy) is 1. The normalized spacial score (nSPS) is 13.6. The van der Waals surface area contributed by atoms with Gasteiger partial charge >= 0.3 is 5.97 Å². The molecule has 0 spiro atoms. The molecule has 1 aliphatic heterocycles. The third-order valence-corrected chi connectivity index (χ3v) is 2.60. The maximum absolute atomic E-state index is 10.8. The maximum Gasteiger partial charge on any atom is 0.339 e. The summed E-state index contributed by atoms with van der Waals surface area (Å²) in [6, 6.07) is 3.60. The van der Waals surface area contributed by atoms with Crippen LogP contribution in [0.3, 0.4) is 0 Å². The lowest BCUT2D eigenvalue weighted by Crippen LogP contribution is -2.00. The monoisotopic (exact) mass is 290 g/mol. The molecule has 0 saturated carbocycles. The van der Waals surface area contributed by atoms with Crippen LogP contribution in [0.4, 0.5) is 0 Å². The molecule has 1 aromatic rings. The Labute approximate surface area is 88.9 Å². The van der Waals surface area contributed by atoms with Gasteiger partial charge in [-0.15, -0.1) is 0 Å². The van der Waals surface area contributed by atoms with Crippen LogP contribution in [0, 0.1) is 3.57 Å². The van der Waals surface area contributed by atoms with Crippen LogP contribution >= 0.6 is 22.6 Å². The van der Waals surface area contributed by atoms with E-state index in [0.717, 1.165) is 15.6 Å². The SMILES string of the molecule is O=C(O)c1cc(I)cc2c1OCC2. The van der Waals surface area contributed by atoms with E-state index in [2.05, 4.69) is 22.6 Å². The largest absolute Gasteiger partial charge is 0.492 e. The van der Waals surface area contributed by atoms with Crippen molar-refractivity contribution in [2.45, 2.75) is 6.42 Å². The van der Waals surface area contributed by atoms with Gasteiger partial charge < -0.3 is 9.84 Å². The van der Waals surface area contributed by atoms with Gasteiger partial charge in [0.1, 0.15) is 11.3 Å². The molecule has 1 N–H and O–H groups in total. The van der Waals surface area contributed by atoms with Crippen molar-refractivity contribution in [2.75, 3.05) is 6.61 Å². The van der Waals surface area contributed by atoms with Gasteiger partial charge in [-0.05, 0) is 40.3 Å². The van der Waals surface area contributed by atoms with Gasteiger partial charge in [0, 0.05) is 9.99 Å². The summed E-state index contributed by atoms with van der Waals surface area (Å²) in [6.07, 6.45) is 0.812. The Morgan fingerprint density at radius 3 is 3.00 bits per heavy atom. The predicted molar refractivity (Wildman–Crippen MR) is 55.3 cm³/mol.